The molecule has 1 aliphatic carbocycles. The van der Waals surface area contributed by atoms with E-state index in [1.54, 1.807) is 0 Å². The predicted molar refractivity (Wildman–Crippen MR) is 75.8 cm³/mol. The minimum absolute atomic E-state index is 0.155. The zero-order valence-corrected chi connectivity index (χ0v) is 12.9. The monoisotopic (exact) mass is 268 g/mol. The number of hydrogen-bond acceptors (Lipinski definition) is 3. The molecule has 1 amide bonds. The standard InChI is InChI=1S/C15H28N2O2/c1-14(2,3)19-13(18)17-9-7-6-8-10(17)11-12(16)15(11,4)5/h10-12H,6-9,16H2,1-5H3/t10?,11-,12-/m1/s1. The lowest BCUT2D eigenvalue weighted by Crippen LogP contribution is -2.48. The third-order valence-corrected chi connectivity index (χ3v) is 4.59. The molecule has 0 aromatic rings. The molecule has 1 aliphatic heterocycles. The Kier molecular flexibility index (Phi) is 3.58. The molecule has 0 bridgehead atoms. The smallest absolute Gasteiger partial charge is 0.410 e. The quantitative estimate of drug-likeness (QED) is 0.795. The molecule has 1 unspecified atom stereocenters. The first kappa shape index (κ1) is 14.6. The van der Waals surface area contributed by atoms with Crippen LogP contribution in [0.2, 0.25) is 0 Å². The van der Waals surface area contributed by atoms with E-state index in [0.29, 0.717) is 5.92 Å². The third-order valence-electron chi connectivity index (χ3n) is 4.59. The van der Waals surface area contributed by atoms with Gasteiger partial charge in [-0.2, -0.15) is 0 Å². The van der Waals surface area contributed by atoms with E-state index in [1.165, 1.54) is 6.42 Å². The van der Waals surface area contributed by atoms with Crippen LogP contribution in [0, 0.1) is 11.3 Å². The van der Waals surface area contributed by atoms with E-state index in [1.807, 2.05) is 25.7 Å². The lowest BCUT2D eigenvalue weighted by molar-refractivity contribution is 0.00545. The average molecular weight is 268 g/mol. The molecule has 1 heterocycles. The Balaban J connectivity index is 2.07. The number of nitrogens with two attached hydrogens (primary N) is 1. The summed E-state index contributed by atoms with van der Waals surface area (Å²) in [5.41, 5.74) is 5.91. The molecule has 2 fully saturated rings. The fraction of sp³-hybridized carbons (Fsp3) is 0.933. The Morgan fingerprint density at radius 2 is 1.89 bits per heavy atom. The van der Waals surface area contributed by atoms with Gasteiger partial charge in [0.25, 0.3) is 0 Å². The van der Waals surface area contributed by atoms with Crippen molar-refractivity contribution in [3.05, 3.63) is 0 Å². The molecule has 2 rings (SSSR count). The molecule has 19 heavy (non-hydrogen) atoms. The minimum atomic E-state index is -0.430. The van der Waals surface area contributed by atoms with Gasteiger partial charge in [0, 0.05) is 24.5 Å². The van der Waals surface area contributed by atoms with Crippen LogP contribution in [0.5, 0.6) is 0 Å². The Morgan fingerprint density at radius 3 is 2.37 bits per heavy atom. The van der Waals surface area contributed by atoms with Gasteiger partial charge in [-0.05, 0) is 45.4 Å². The second kappa shape index (κ2) is 4.65. The van der Waals surface area contributed by atoms with Crippen LogP contribution < -0.4 is 5.73 Å². The Bertz CT molecular complexity index is 360. The summed E-state index contributed by atoms with van der Waals surface area (Å²) < 4.78 is 5.53. The van der Waals surface area contributed by atoms with Gasteiger partial charge in [-0.3, -0.25) is 0 Å². The van der Waals surface area contributed by atoms with Crippen molar-refractivity contribution < 1.29 is 9.53 Å². The number of carbonyl (C=O) groups excluding carboxylic acids is 1. The van der Waals surface area contributed by atoms with E-state index >= 15 is 0 Å². The lowest BCUT2D eigenvalue weighted by Gasteiger charge is -2.37. The number of carbonyl (C=O) groups is 1. The van der Waals surface area contributed by atoms with Crippen molar-refractivity contribution in [2.24, 2.45) is 17.1 Å². The van der Waals surface area contributed by atoms with Crippen molar-refractivity contribution >= 4 is 6.09 Å². The highest BCUT2D eigenvalue weighted by atomic mass is 16.6. The second-order valence-electron chi connectivity index (χ2n) is 7.61. The van der Waals surface area contributed by atoms with E-state index in [-0.39, 0.29) is 23.6 Å². The van der Waals surface area contributed by atoms with Crippen molar-refractivity contribution in [1.29, 1.82) is 0 Å². The normalized spacial score (nSPS) is 34.0. The number of rotatable bonds is 1. The van der Waals surface area contributed by atoms with Crippen LogP contribution >= 0.6 is 0 Å². The summed E-state index contributed by atoms with van der Waals surface area (Å²) in [5, 5.41) is 0. The number of piperidine rings is 1. The van der Waals surface area contributed by atoms with E-state index < -0.39 is 5.60 Å². The molecule has 2 N–H and O–H groups in total. The summed E-state index contributed by atoms with van der Waals surface area (Å²) in [6, 6.07) is 0.467. The highest BCUT2D eigenvalue weighted by Gasteiger charge is 2.60. The van der Waals surface area contributed by atoms with Gasteiger partial charge in [0.05, 0.1) is 0 Å². The zero-order chi connectivity index (χ0) is 14.4. The van der Waals surface area contributed by atoms with Crippen molar-refractivity contribution in [2.75, 3.05) is 6.54 Å². The molecule has 0 spiro atoms. The molecule has 3 atom stereocenters. The summed E-state index contributed by atoms with van der Waals surface area (Å²) in [5.74, 6) is 0.417. The number of ether oxygens (including phenoxy) is 1. The number of hydrogen-bond donors (Lipinski definition) is 1. The highest BCUT2D eigenvalue weighted by Crippen LogP contribution is 2.55. The summed E-state index contributed by atoms with van der Waals surface area (Å²) >= 11 is 0. The van der Waals surface area contributed by atoms with Crippen LogP contribution in [-0.4, -0.2) is 35.2 Å². The Morgan fingerprint density at radius 1 is 1.32 bits per heavy atom. The van der Waals surface area contributed by atoms with Crippen LogP contribution in [0.15, 0.2) is 0 Å². The van der Waals surface area contributed by atoms with Crippen molar-refractivity contribution in [3.8, 4) is 0 Å². The average Bonchev–Trinajstić information content (AvgIpc) is 2.75. The molecule has 0 aromatic heterocycles. The van der Waals surface area contributed by atoms with E-state index in [9.17, 15) is 4.79 Å². The molecule has 0 aromatic carbocycles. The number of likely N-dealkylation sites (tertiary alicyclic amines) is 1. The first-order valence-electron chi connectivity index (χ1n) is 7.40. The van der Waals surface area contributed by atoms with Gasteiger partial charge in [-0.15, -0.1) is 0 Å². The molecular weight excluding hydrogens is 240 g/mol. The summed E-state index contributed by atoms with van der Waals surface area (Å²) in [6.45, 7) is 10.9. The van der Waals surface area contributed by atoms with E-state index in [2.05, 4.69) is 13.8 Å². The Hall–Kier alpha value is -0.770. The van der Waals surface area contributed by atoms with E-state index in [4.69, 9.17) is 10.5 Å². The SMILES string of the molecule is CC(C)(C)OC(=O)N1CCCCC1[C@@H]1[C@@H](N)C1(C)C. The second-order valence-corrected chi connectivity index (χ2v) is 7.61. The van der Waals surface area contributed by atoms with Gasteiger partial charge >= 0.3 is 6.09 Å². The van der Waals surface area contributed by atoms with Crippen LogP contribution in [0.25, 0.3) is 0 Å². The van der Waals surface area contributed by atoms with Gasteiger partial charge in [0.2, 0.25) is 0 Å². The van der Waals surface area contributed by atoms with Crippen molar-refractivity contribution in [2.45, 2.75) is 71.6 Å². The fourth-order valence-corrected chi connectivity index (χ4v) is 3.33. The molecule has 1 saturated carbocycles. The van der Waals surface area contributed by atoms with Gasteiger partial charge < -0.3 is 15.4 Å². The number of nitrogens with zero attached hydrogens (tertiary/aromatic N) is 1. The Labute approximate surface area is 116 Å². The van der Waals surface area contributed by atoms with Crippen LogP contribution in [0.3, 0.4) is 0 Å². The molecule has 4 nitrogen and oxygen atoms in total. The minimum Gasteiger partial charge on any atom is -0.444 e. The van der Waals surface area contributed by atoms with Crippen molar-refractivity contribution in [1.82, 2.24) is 4.90 Å². The van der Waals surface area contributed by atoms with Gasteiger partial charge in [0.1, 0.15) is 5.60 Å². The number of amides is 1. The largest absolute Gasteiger partial charge is 0.444 e. The lowest BCUT2D eigenvalue weighted by atomic mass is 9.94. The molecule has 110 valence electrons. The maximum absolute atomic E-state index is 12.3. The highest BCUT2D eigenvalue weighted by molar-refractivity contribution is 5.69. The maximum Gasteiger partial charge on any atom is 0.410 e. The third kappa shape index (κ3) is 2.88. The van der Waals surface area contributed by atoms with Crippen LogP contribution in [0.4, 0.5) is 4.79 Å². The predicted octanol–water partition coefficient (Wildman–Crippen LogP) is 2.76. The fourth-order valence-electron chi connectivity index (χ4n) is 3.33. The van der Waals surface area contributed by atoms with E-state index in [0.717, 1.165) is 19.4 Å². The maximum atomic E-state index is 12.3. The topological polar surface area (TPSA) is 55.6 Å². The zero-order valence-electron chi connectivity index (χ0n) is 12.9. The van der Waals surface area contributed by atoms with Gasteiger partial charge in [-0.25, -0.2) is 4.79 Å². The molecule has 1 saturated heterocycles. The summed E-state index contributed by atoms with van der Waals surface area (Å²) in [4.78, 5) is 14.3. The van der Waals surface area contributed by atoms with Crippen molar-refractivity contribution in [3.63, 3.8) is 0 Å². The molecule has 2 aliphatic rings. The summed E-state index contributed by atoms with van der Waals surface area (Å²) in [6.07, 6.45) is 3.13. The molecule has 0 radical (unpaired) electrons. The van der Waals surface area contributed by atoms with Crippen LogP contribution in [0.1, 0.15) is 53.9 Å². The molecular formula is C15H28N2O2. The molecule has 4 heteroatoms. The van der Waals surface area contributed by atoms with Gasteiger partial charge in [-0.1, -0.05) is 13.8 Å². The first-order chi connectivity index (χ1) is 8.64. The van der Waals surface area contributed by atoms with Crippen LogP contribution in [-0.2, 0) is 4.74 Å². The first-order valence-corrected chi connectivity index (χ1v) is 7.40. The summed E-state index contributed by atoms with van der Waals surface area (Å²) in [7, 11) is 0. The van der Waals surface area contributed by atoms with Gasteiger partial charge in [0.15, 0.2) is 0 Å².